The monoisotopic (exact) mass is 218 g/mol. The Kier molecular flexibility index (Phi) is 2.15. The van der Waals surface area contributed by atoms with E-state index in [1.165, 1.54) is 28.5 Å². The fraction of sp³-hybridized carbons (Fsp3) is 0.333. The number of nitrogens with one attached hydrogen (secondary N) is 1. The number of rotatable bonds is 3. The van der Waals surface area contributed by atoms with Crippen LogP contribution >= 0.6 is 11.3 Å². The third-order valence-corrected chi connectivity index (χ3v) is 3.85. The number of hydrogen-bond donors (Lipinski definition) is 2. The first kappa shape index (κ1) is 9.19. The van der Waals surface area contributed by atoms with Gasteiger partial charge in [0.25, 0.3) is 0 Å². The van der Waals surface area contributed by atoms with E-state index in [1.807, 2.05) is 6.07 Å². The molecule has 0 unspecified atom stereocenters. The van der Waals surface area contributed by atoms with Crippen molar-refractivity contribution in [3.8, 4) is 0 Å². The highest BCUT2D eigenvalue weighted by Gasteiger charge is 2.20. The molecule has 3 heteroatoms. The van der Waals surface area contributed by atoms with E-state index in [9.17, 15) is 0 Å². The predicted octanol–water partition coefficient (Wildman–Crippen LogP) is 2.74. The van der Waals surface area contributed by atoms with Gasteiger partial charge in [0.15, 0.2) is 0 Å². The Balaban J connectivity index is 1.91. The van der Waals surface area contributed by atoms with Crippen molar-refractivity contribution >= 4 is 27.1 Å². The number of nitrogens with two attached hydrogens (primary N) is 1. The van der Waals surface area contributed by atoms with E-state index in [2.05, 4.69) is 22.8 Å². The zero-order chi connectivity index (χ0) is 10.3. The first-order chi connectivity index (χ1) is 7.33. The zero-order valence-corrected chi connectivity index (χ0v) is 9.31. The van der Waals surface area contributed by atoms with Crippen LogP contribution in [0.25, 0.3) is 10.1 Å². The number of benzene rings is 1. The third-order valence-electron chi connectivity index (χ3n) is 2.84. The molecule has 1 aromatic heterocycles. The maximum atomic E-state index is 5.80. The van der Waals surface area contributed by atoms with E-state index >= 15 is 0 Å². The van der Waals surface area contributed by atoms with E-state index in [-0.39, 0.29) is 0 Å². The summed E-state index contributed by atoms with van der Waals surface area (Å²) in [6.07, 6.45) is 2.68. The minimum atomic E-state index is 0.765. The summed E-state index contributed by atoms with van der Waals surface area (Å²) in [4.78, 5) is 0. The van der Waals surface area contributed by atoms with Gasteiger partial charge in [-0.1, -0.05) is 0 Å². The van der Waals surface area contributed by atoms with Crippen LogP contribution in [0.2, 0.25) is 0 Å². The lowest BCUT2D eigenvalue weighted by atomic mass is 10.1. The summed E-state index contributed by atoms with van der Waals surface area (Å²) in [7, 11) is 0. The van der Waals surface area contributed by atoms with Crippen LogP contribution in [0, 0.1) is 0 Å². The highest BCUT2D eigenvalue weighted by molar-refractivity contribution is 7.17. The van der Waals surface area contributed by atoms with Gasteiger partial charge in [-0.25, -0.2) is 0 Å². The Morgan fingerprint density at radius 3 is 3.07 bits per heavy atom. The summed E-state index contributed by atoms with van der Waals surface area (Å²) < 4.78 is 1.33. The number of anilines is 1. The van der Waals surface area contributed by atoms with Crippen LogP contribution in [-0.2, 0) is 6.54 Å². The number of fused-ring (bicyclic) bond motifs is 1. The van der Waals surface area contributed by atoms with Crippen LogP contribution in [-0.4, -0.2) is 6.04 Å². The van der Waals surface area contributed by atoms with E-state index in [0.717, 1.165) is 18.3 Å². The molecule has 2 nitrogen and oxygen atoms in total. The molecular weight excluding hydrogens is 204 g/mol. The van der Waals surface area contributed by atoms with Crippen molar-refractivity contribution < 1.29 is 0 Å². The van der Waals surface area contributed by atoms with Gasteiger partial charge in [-0.05, 0) is 47.4 Å². The van der Waals surface area contributed by atoms with Crippen molar-refractivity contribution in [2.75, 3.05) is 5.73 Å². The average Bonchev–Trinajstić information content (AvgIpc) is 2.97. The summed E-state index contributed by atoms with van der Waals surface area (Å²) in [5, 5.41) is 7.09. The molecule has 1 saturated carbocycles. The normalized spacial score (nSPS) is 16.0. The number of hydrogen-bond acceptors (Lipinski definition) is 3. The molecule has 15 heavy (non-hydrogen) atoms. The van der Waals surface area contributed by atoms with Crippen LogP contribution < -0.4 is 11.1 Å². The zero-order valence-electron chi connectivity index (χ0n) is 8.49. The molecule has 1 aliphatic rings. The molecule has 3 N–H and O–H groups in total. The lowest BCUT2D eigenvalue weighted by Crippen LogP contribution is -2.14. The minimum absolute atomic E-state index is 0.765. The van der Waals surface area contributed by atoms with E-state index in [4.69, 9.17) is 5.73 Å². The second-order valence-corrected chi connectivity index (χ2v) is 5.08. The van der Waals surface area contributed by atoms with Crippen LogP contribution in [0.5, 0.6) is 0 Å². The van der Waals surface area contributed by atoms with Gasteiger partial charge in [0.05, 0.1) is 0 Å². The molecule has 0 spiro atoms. The van der Waals surface area contributed by atoms with Gasteiger partial charge >= 0.3 is 0 Å². The number of thiophene rings is 1. The standard InChI is InChI=1S/C12H14N2S/c13-9-1-4-12-11(5-9)8(7-15-12)6-14-10-2-3-10/h1,4-5,7,10,14H,2-3,6,13H2. The van der Waals surface area contributed by atoms with Crippen LogP contribution in [0.3, 0.4) is 0 Å². The Bertz CT molecular complexity index is 485. The van der Waals surface area contributed by atoms with Gasteiger partial charge < -0.3 is 11.1 Å². The maximum absolute atomic E-state index is 5.80. The van der Waals surface area contributed by atoms with Crippen molar-refractivity contribution in [1.82, 2.24) is 5.32 Å². The van der Waals surface area contributed by atoms with Gasteiger partial charge in [0, 0.05) is 23.0 Å². The van der Waals surface area contributed by atoms with Crippen molar-refractivity contribution in [2.24, 2.45) is 0 Å². The highest BCUT2D eigenvalue weighted by Crippen LogP contribution is 2.28. The summed E-state index contributed by atoms with van der Waals surface area (Å²) in [6, 6.07) is 6.92. The quantitative estimate of drug-likeness (QED) is 0.777. The molecule has 1 heterocycles. The van der Waals surface area contributed by atoms with E-state index < -0.39 is 0 Å². The SMILES string of the molecule is Nc1ccc2scc(CNC3CC3)c2c1. The summed E-state index contributed by atoms with van der Waals surface area (Å²) in [5.74, 6) is 0. The van der Waals surface area contributed by atoms with E-state index in [0.29, 0.717) is 0 Å². The molecule has 0 aliphatic heterocycles. The second kappa shape index (κ2) is 3.51. The Labute approximate surface area is 93.1 Å². The van der Waals surface area contributed by atoms with Crippen LogP contribution in [0.1, 0.15) is 18.4 Å². The summed E-state index contributed by atoms with van der Waals surface area (Å²) >= 11 is 1.80. The first-order valence-corrected chi connectivity index (χ1v) is 6.20. The molecule has 0 atom stereocenters. The Morgan fingerprint density at radius 2 is 2.27 bits per heavy atom. The second-order valence-electron chi connectivity index (χ2n) is 4.17. The molecule has 0 amide bonds. The van der Waals surface area contributed by atoms with Crippen molar-refractivity contribution in [3.63, 3.8) is 0 Å². The average molecular weight is 218 g/mol. The Morgan fingerprint density at radius 1 is 1.40 bits per heavy atom. The predicted molar refractivity (Wildman–Crippen MR) is 66.1 cm³/mol. The number of nitrogen functional groups attached to an aromatic ring is 1. The lowest BCUT2D eigenvalue weighted by molar-refractivity contribution is 0.692. The van der Waals surface area contributed by atoms with Gasteiger partial charge in [-0.15, -0.1) is 11.3 Å². The van der Waals surface area contributed by atoms with Crippen molar-refractivity contribution in [3.05, 3.63) is 29.1 Å². The topological polar surface area (TPSA) is 38.0 Å². The molecule has 1 aromatic carbocycles. The van der Waals surface area contributed by atoms with Gasteiger partial charge in [-0.3, -0.25) is 0 Å². The molecule has 2 aromatic rings. The summed E-state index contributed by atoms with van der Waals surface area (Å²) in [5.41, 5.74) is 8.04. The molecule has 3 rings (SSSR count). The van der Waals surface area contributed by atoms with Crippen LogP contribution in [0.15, 0.2) is 23.6 Å². The largest absolute Gasteiger partial charge is 0.399 e. The minimum Gasteiger partial charge on any atom is -0.399 e. The molecule has 0 bridgehead atoms. The molecule has 0 saturated heterocycles. The third kappa shape index (κ3) is 1.85. The van der Waals surface area contributed by atoms with Crippen molar-refractivity contribution in [1.29, 1.82) is 0 Å². The van der Waals surface area contributed by atoms with Gasteiger partial charge in [0.2, 0.25) is 0 Å². The smallest absolute Gasteiger partial charge is 0.0347 e. The molecular formula is C12H14N2S. The highest BCUT2D eigenvalue weighted by atomic mass is 32.1. The molecule has 78 valence electrons. The Hall–Kier alpha value is -1.06. The lowest BCUT2D eigenvalue weighted by Gasteiger charge is -2.01. The molecule has 1 fully saturated rings. The maximum Gasteiger partial charge on any atom is 0.0347 e. The van der Waals surface area contributed by atoms with Crippen molar-refractivity contribution in [2.45, 2.75) is 25.4 Å². The fourth-order valence-electron chi connectivity index (χ4n) is 1.78. The first-order valence-electron chi connectivity index (χ1n) is 5.32. The summed E-state index contributed by atoms with van der Waals surface area (Å²) in [6.45, 7) is 0.980. The van der Waals surface area contributed by atoms with Gasteiger partial charge in [-0.2, -0.15) is 0 Å². The fourth-order valence-corrected chi connectivity index (χ4v) is 2.72. The van der Waals surface area contributed by atoms with Crippen LogP contribution in [0.4, 0.5) is 5.69 Å². The molecule has 1 aliphatic carbocycles. The van der Waals surface area contributed by atoms with Gasteiger partial charge in [0.1, 0.15) is 0 Å². The van der Waals surface area contributed by atoms with E-state index in [1.54, 1.807) is 11.3 Å². The molecule has 0 radical (unpaired) electrons.